The van der Waals surface area contributed by atoms with Crippen molar-refractivity contribution in [2.45, 2.75) is 65.3 Å². The predicted octanol–water partition coefficient (Wildman–Crippen LogP) is 4.06. The number of hydrogen-bond donors (Lipinski definition) is 1. The van der Waals surface area contributed by atoms with Gasteiger partial charge in [-0.05, 0) is 25.0 Å². The second-order valence-corrected chi connectivity index (χ2v) is 5.47. The number of para-hydroxylation sites is 2. The van der Waals surface area contributed by atoms with E-state index in [1.54, 1.807) is 0 Å². The van der Waals surface area contributed by atoms with E-state index >= 15 is 0 Å². The van der Waals surface area contributed by atoms with Crippen molar-refractivity contribution >= 4 is 17.4 Å². The van der Waals surface area contributed by atoms with E-state index in [1.165, 1.54) is 49.9 Å². The largest absolute Gasteiger partial charge is 0.372 e. The lowest BCUT2D eigenvalue weighted by Gasteiger charge is -2.08. The van der Waals surface area contributed by atoms with E-state index in [-0.39, 0.29) is 6.41 Å². The highest BCUT2D eigenvalue weighted by Crippen LogP contribution is 2.18. The number of hydrogen-bond acceptors (Lipinski definition) is 2. The minimum Gasteiger partial charge on any atom is -0.372 e. The van der Waals surface area contributed by atoms with Crippen LogP contribution in [0.2, 0.25) is 0 Å². The summed E-state index contributed by atoms with van der Waals surface area (Å²) in [7, 11) is 0. The summed E-state index contributed by atoms with van der Waals surface area (Å²) in [5, 5.41) is 0. The molecule has 22 heavy (non-hydrogen) atoms. The molecule has 0 unspecified atom stereocenters. The Bertz CT molecular complexity index is 548. The zero-order chi connectivity index (χ0) is 16.2. The van der Waals surface area contributed by atoms with Crippen molar-refractivity contribution in [1.29, 1.82) is 0 Å². The molecule has 0 spiro atoms. The third kappa shape index (κ3) is 5.51. The first-order valence-corrected chi connectivity index (χ1v) is 8.37. The average molecular weight is 303 g/mol. The Labute approximate surface area is 133 Å². The number of primary amides is 1. The van der Waals surface area contributed by atoms with Crippen molar-refractivity contribution in [3.05, 3.63) is 30.1 Å². The van der Waals surface area contributed by atoms with Crippen LogP contribution in [0.5, 0.6) is 0 Å². The van der Waals surface area contributed by atoms with E-state index < -0.39 is 0 Å². The van der Waals surface area contributed by atoms with Gasteiger partial charge >= 0.3 is 0 Å². The fraction of sp³-hybridized carbons (Fsp3) is 0.556. The molecule has 4 nitrogen and oxygen atoms in total. The molecule has 0 atom stereocenters. The number of aromatic nitrogens is 2. The van der Waals surface area contributed by atoms with Crippen LogP contribution >= 0.6 is 0 Å². The van der Waals surface area contributed by atoms with Gasteiger partial charge in [0.05, 0.1) is 11.0 Å². The number of rotatable bonds is 8. The molecule has 4 heteroatoms. The van der Waals surface area contributed by atoms with Gasteiger partial charge < -0.3 is 10.3 Å². The molecule has 2 N–H and O–H groups in total. The smallest absolute Gasteiger partial charge is 0.204 e. The average Bonchev–Trinajstić information content (AvgIpc) is 2.87. The van der Waals surface area contributed by atoms with E-state index in [2.05, 4.69) is 48.4 Å². The zero-order valence-electron chi connectivity index (χ0n) is 13.9. The zero-order valence-corrected chi connectivity index (χ0v) is 13.9. The summed E-state index contributed by atoms with van der Waals surface area (Å²) in [6.07, 6.45) is 9.05. The number of carbonyl (C=O) groups excluding carboxylic acids is 1. The van der Waals surface area contributed by atoms with Gasteiger partial charge in [-0.2, -0.15) is 0 Å². The standard InChI is InChI=1S/C17H26N2.CH3NO/c1-3-5-7-13-17-18-15-11-8-9-12-16(15)19(17)14-10-6-4-2;2-1-3/h8-9,11-12H,3-7,10,13-14H2,1-2H3;1H,(H2,2,3). The number of aryl methyl sites for hydroxylation is 2. The van der Waals surface area contributed by atoms with E-state index in [1.807, 2.05) is 0 Å². The molecule has 122 valence electrons. The lowest BCUT2D eigenvalue weighted by molar-refractivity contribution is -0.106. The molecule has 0 aliphatic carbocycles. The van der Waals surface area contributed by atoms with E-state index in [4.69, 9.17) is 9.78 Å². The summed E-state index contributed by atoms with van der Waals surface area (Å²) in [4.78, 5) is 13.4. The molecule has 0 fully saturated rings. The van der Waals surface area contributed by atoms with Crippen LogP contribution in [-0.4, -0.2) is 16.0 Å². The second kappa shape index (κ2) is 10.8. The SMILES string of the molecule is CCCCCc1nc2ccccc2n1CCCCC.NC=O. The summed E-state index contributed by atoms with van der Waals surface area (Å²) >= 11 is 0. The van der Waals surface area contributed by atoms with Gasteiger partial charge in [-0.25, -0.2) is 4.98 Å². The van der Waals surface area contributed by atoms with Crippen LogP contribution in [0.25, 0.3) is 11.0 Å². The number of unbranched alkanes of at least 4 members (excludes halogenated alkanes) is 4. The molecule has 1 aromatic carbocycles. The Morgan fingerprint density at radius 2 is 1.73 bits per heavy atom. The fourth-order valence-electron chi connectivity index (χ4n) is 2.62. The van der Waals surface area contributed by atoms with Crippen molar-refractivity contribution < 1.29 is 4.79 Å². The lowest BCUT2D eigenvalue weighted by Crippen LogP contribution is -2.04. The number of nitrogens with zero attached hydrogens (tertiary/aromatic N) is 2. The minimum absolute atomic E-state index is 0.250. The number of benzene rings is 1. The maximum Gasteiger partial charge on any atom is 0.204 e. The molecule has 1 heterocycles. The Morgan fingerprint density at radius 3 is 2.41 bits per heavy atom. The third-order valence-corrected chi connectivity index (χ3v) is 3.72. The summed E-state index contributed by atoms with van der Waals surface area (Å²) in [5.41, 5.74) is 6.63. The topological polar surface area (TPSA) is 60.9 Å². The summed E-state index contributed by atoms with van der Waals surface area (Å²) in [6, 6.07) is 8.55. The molecule has 1 aromatic heterocycles. The molecule has 0 aliphatic rings. The molecular weight excluding hydrogens is 274 g/mol. The van der Waals surface area contributed by atoms with Crippen molar-refractivity contribution in [2.75, 3.05) is 0 Å². The summed E-state index contributed by atoms with van der Waals surface area (Å²) in [6.45, 7) is 5.63. The Kier molecular flexibility index (Phi) is 8.96. The first-order chi connectivity index (χ1) is 10.8. The van der Waals surface area contributed by atoms with Gasteiger partial charge in [0.2, 0.25) is 6.41 Å². The van der Waals surface area contributed by atoms with Crippen LogP contribution in [0.1, 0.15) is 58.2 Å². The molecule has 0 saturated heterocycles. The van der Waals surface area contributed by atoms with Gasteiger partial charge in [0.25, 0.3) is 0 Å². The monoisotopic (exact) mass is 303 g/mol. The second-order valence-electron chi connectivity index (χ2n) is 5.47. The van der Waals surface area contributed by atoms with Crippen LogP contribution in [0.4, 0.5) is 0 Å². The third-order valence-electron chi connectivity index (χ3n) is 3.72. The number of carbonyl (C=O) groups is 1. The first kappa shape index (κ1) is 18.2. The number of fused-ring (bicyclic) bond motifs is 1. The van der Waals surface area contributed by atoms with Crippen LogP contribution in [0.15, 0.2) is 24.3 Å². The minimum atomic E-state index is 0.250. The molecule has 0 aliphatic heterocycles. The Hall–Kier alpha value is -1.84. The van der Waals surface area contributed by atoms with Gasteiger partial charge in [-0.15, -0.1) is 0 Å². The lowest BCUT2D eigenvalue weighted by atomic mass is 10.2. The maximum absolute atomic E-state index is 8.58. The number of amides is 1. The predicted molar refractivity (Wildman–Crippen MR) is 92.7 cm³/mol. The Morgan fingerprint density at radius 1 is 1.09 bits per heavy atom. The van der Waals surface area contributed by atoms with Gasteiger partial charge in [-0.3, -0.25) is 4.79 Å². The first-order valence-electron chi connectivity index (χ1n) is 8.37. The summed E-state index contributed by atoms with van der Waals surface area (Å²) < 4.78 is 2.45. The van der Waals surface area contributed by atoms with Gasteiger partial charge in [0.1, 0.15) is 5.82 Å². The highest BCUT2D eigenvalue weighted by Gasteiger charge is 2.09. The van der Waals surface area contributed by atoms with E-state index in [0.717, 1.165) is 18.5 Å². The molecular formula is C18H29N3O. The van der Waals surface area contributed by atoms with Crippen molar-refractivity contribution in [3.63, 3.8) is 0 Å². The molecule has 0 saturated carbocycles. The normalized spacial score (nSPS) is 10.3. The maximum atomic E-state index is 8.58. The van der Waals surface area contributed by atoms with E-state index in [0.29, 0.717) is 0 Å². The fourth-order valence-corrected chi connectivity index (χ4v) is 2.62. The van der Waals surface area contributed by atoms with Crippen LogP contribution in [-0.2, 0) is 17.8 Å². The highest BCUT2D eigenvalue weighted by molar-refractivity contribution is 5.75. The van der Waals surface area contributed by atoms with Crippen LogP contribution in [0, 0.1) is 0 Å². The molecule has 2 rings (SSSR count). The van der Waals surface area contributed by atoms with Gasteiger partial charge in [0.15, 0.2) is 0 Å². The summed E-state index contributed by atoms with van der Waals surface area (Å²) in [5.74, 6) is 1.28. The number of imidazole rings is 1. The molecule has 0 radical (unpaired) electrons. The number of nitrogens with two attached hydrogens (primary N) is 1. The Balaban J connectivity index is 0.000000745. The van der Waals surface area contributed by atoms with E-state index in [9.17, 15) is 0 Å². The van der Waals surface area contributed by atoms with Crippen molar-refractivity contribution in [2.24, 2.45) is 5.73 Å². The van der Waals surface area contributed by atoms with Gasteiger partial charge in [-0.1, -0.05) is 51.7 Å². The quantitative estimate of drug-likeness (QED) is 0.590. The molecule has 0 bridgehead atoms. The van der Waals surface area contributed by atoms with Gasteiger partial charge in [0, 0.05) is 13.0 Å². The van der Waals surface area contributed by atoms with Crippen LogP contribution in [0.3, 0.4) is 0 Å². The van der Waals surface area contributed by atoms with Crippen LogP contribution < -0.4 is 5.73 Å². The molecule has 2 aromatic rings. The highest BCUT2D eigenvalue weighted by atomic mass is 16.1. The van der Waals surface area contributed by atoms with Crippen molar-refractivity contribution in [1.82, 2.24) is 9.55 Å². The van der Waals surface area contributed by atoms with Crippen molar-refractivity contribution in [3.8, 4) is 0 Å². The molecule has 1 amide bonds.